The van der Waals surface area contributed by atoms with E-state index in [2.05, 4.69) is 36.8 Å². The van der Waals surface area contributed by atoms with Crippen molar-refractivity contribution in [3.05, 3.63) is 19.2 Å². The number of carbonyl (C=O) groups excluding carboxylic acids is 1. The second-order valence-corrected chi connectivity index (χ2v) is 7.90. The van der Waals surface area contributed by atoms with Crippen molar-refractivity contribution >= 4 is 49.1 Å². The lowest BCUT2D eigenvalue weighted by Crippen LogP contribution is -2.35. The average Bonchev–Trinajstić information content (AvgIpc) is 2.72. The summed E-state index contributed by atoms with van der Waals surface area (Å²) < 4.78 is 6.96. The van der Waals surface area contributed by atoms with Gasteiger partial charge in [-0.15, -0.1) is 11.3 Å². The molecule has 0 spiro atoms. The Morgan fingerprint density at radius 2 is 2.00 bits per heavy atom. The number of hydrogen-bond donors (Lipinski definition) is 0. The van der Waals surface area contributed by atoms with Crippen LogP contribution in [0.25, 0.3) is 0 Å². The highest BCUT2D eigenvalue weighted by Gasteiger charge is 2.18. The van der Waals surface area contributed by atoms with Gasteiger partial charge < -0.3 is 14.5 Å². The van der Waals surface area contributed by atoms with Gasteiger partial charge in [0.15, 0.2) is 0 Å². The summed E-state index contributed by atoms with van der Waals surface area (Å²) in [6.45, 7) is 2.89. The molecule has 20 heavy (non-hydrogen) atoms. The minimum atomic E-state index is 0.0669. The molecule has 0 radical (unpaired) electrons. The summed E-state index contributed by atoms with van der Waals surface area (Å²) in [6, 6.07) is 1.86. The molecule has 0 aliphatic rings. The smallest absolute Gasteiger partial charge is 0.264 e. The van der Waals surface area contributed by atoms with Gasteiger partial charge in [0.1, 0.15) is 0 Å². The molecule has 1 heterocycles. The standard InChI is InChI=1S/C13H20Br2N2O2S/c1-16(2)5-4-6-17(7-8-19-3)13(18)11-9-10(14)12(15)20-11/h9H,4-8H2,1-3H3. The molecule has 114 valence electrons. The van der Waals surface area contributed by atoms with Gasteiger partial charge in [-0.25, -0.2) is 0 Å². The van der Waals surface area contributed by atoms with E-state index in [9.17, 15) is 4.79 Å². The number of carbonyl (C=O) groups is 1. The maximum Gasteiger partial charge on any atom is 0.264 e. The third kappa shape index (κ3) is 5.81. The van der Waals surface area contributed by atoms with Crippen LogP contribution in [0.3, 0.4) is 0 Å². The average molecular weight is 428 g/mol. The minimum Gasteiger partial charge on any atom is -0.383 e. The van der Waals surface area contributed by atoms with Crippen LogP contribution in [-0.2, 0) is 4.74 Å². The summed E-state index contributed by atoms with van der Waals surface area (Å²) >= 11 is 8.30. The SMILES string of the molecule is COCCN(CCCN(C)C)C(=O)c1cc(Br)c(Br)s1. The summed E-state index contributed by atoms with van der Waals surface area (Å²) in [5.41, 5.74) is 0. The van der Waals surface area contributed by atoms with Gasteiger partial charge in [-0.3, -0.25) is 4.79 Å². The van der Waals surface area contributed by atoms with Crippen molar-refractivity contribution in [1.82, 2.24) is 9.80 Å². The Kier molecular flexibility index (Phi) is 8.28. The highest BCUT2D eigenvalue weighted by atomic mass is 79.9. The van der Waals surface area contributed by atoms with Crippen molar-refractivity contribution in [3.63, 3.8) is 0 Å². The molecule has 0 aliphatic heterocycles. The zero-order chi connectivity index (χ0) is 15.1. The van der Waals surface area contributed by atoms with Crippen LogP contribution in [-0.4, -0.2) is 63.2 Å². The lowest BCUT2D eigenvalue weighted by molar-refractivity contribution is 0.0694. The fourth-order valence-electron chi connectivity index (χ4n) is 1.70. The second kappa shape index (κ2) is 9.15. The largest absolute Gasteiger partial charge is 0.383 e. The van der Waals surface area contributed by atoms with Gasteiger partial charge >= 0.3 is 0 Å². The van der Waals surface area contributed by atoms with E-state index in [-0.39, 0.29) is 5.91 Å². The van der Waals surface area contributed by atoms with E-state index in [4.69, 9.17) is 4.74 Å². The van der Waals surface area contributed by atoms with E-state index in [0.717, 1.165) is 32.6 Å². The molecule has 1 amide bonds. The number of hydrogen-bond acceptors (Lipinski definition) is 4. The molecule has 0 saturated heterocycles. The molecule has 1 rings (SSSR count). The van der Waals surface area contributed by atoms with Crippen LogP contribution in [0.4, 0.5) is 0 Å². The molecule has 0 N–H and O–H groups in total. The Bertz CT molecular complexity index is 419. The second-order valence-electron chi connectivity index (χ2n) is 4.67. The van der Waals surface area contributed by atoms with Gasteiger partial charge in [0.05, 0.1) is 15.3 Å². The predicted octanol–water partition coefficient (Wildman–Crippen LogP) is 3.31. The molecule has 7 heteroatoms. The highest BCUT2D eigenvalue weighted by Crippen LogP contribution is 2.33. The minimum absolute atomic E-state index is 0.0669. The van der Waals surface area contributed by atoms with Gasteiger partial charge in [0.25, 0.3) is 5.91 Å². The maximum absolute atomic E-state index is 12.5. The van der Waals surface area contributed by atoms with E-state index in [1.54, 1.807) is 7.11 Å². The highest BCUT2D eigenvalue weighted by molar-refractivity contribution is 9.13. The van der Waals surface area contributed by atoms with E-state index in [1.807, 2.05) is 25.1 Å². The first-order chi connectivity index (χ1) is 9.45. The summed E-state index contributed by atoms with van der Waals surface area (Å²) in [5, 5.41) is 0. The third-order valence-corrected chi connectivity index (χ3v) is 5.99. The Morgan fingerprint density at radius 3 is 2.50 bits per heavy atom. The van der Waals surface area contributed by atoms with Crippen LogP contribution < -0.4 is 0 Å². The number of nitrogens with zero attached hydrogens (tertiary/aromatic N) is 2. The molecule has 1 aromatic heterocycles. The molecule has 0 atom stereocenters. The molecular formula is C13H20Br2N2O2S. The van der Waals surface area contributed by atoms with Crippen LogP contribution in [0.1, 0.15) is 16.1 Å². The first kappa shape index (κ1) is 18.1. The van der Waals surface area contributed by atoms with Crippen molar-refractivity contribution in [2.75, 3.05) is 47.4 Å². The van der Waals surface area contributed by atoms with Crippen molar-refractivity contribution in [2.45, 2.75) is 6.42 Å². The zero-order valence-corrected chi connectivity index (χ0v) is 16.0. The van der Waals surface area contributed by atoms with Crippen molar-refractivity contribution < 1.29 is 9.53 Å². The van der Waals surface area contributed by atoms with Gasteiger partial charge in [-0.1, -0.05) is 0 Å². The normalized spacial score (nSPS) is 11.1. The number of methoxy groups -OCH3 is 1. The first-order valence-corrected chi connectivity index (χ1v) is 8.73. The van der Waals surface area contributed by atoms with Crippen molar-refractivity contribution in [2.24, 2.45) is 0 Å². The van der Waals surface area contributed by atoms with Crippen LogP contribution in [0, 0.1) is 0 Å². The Hall–Kier alpha value is 0.0500. The first-order valence-electron chi connectivity index (χ1n) is 6.33. The molecular weight excluding hydrogens is 408 g/mol. The third-order valence-electron chi connectivity index (χ3n) is 2.74. The van der Waals surface area contributed by atoms with E-state index in [1.165, 1.54) is 11.3 Å². The van der Waals surface area contributed by atoms with Crippen LogP contribution in [0.2, 0.25) is 0 Å². The summed E-state index contributed by atoms with van der Waals surface area (Å²) in [6.07, 6.45) is 0.955. The topological polar surface area (TPSA) is 32.8 Å². The number of amides is 1. The maximum atomic E-state index is 12.5. The van der Waals surface area contributed by atoms with Crippen molar-refractivity contribution in [3.8, 4) is 0 Å². The fourth-order valence-corrected chi connectivity index (χ4v) is 3.71. The van der Waals surface area contributed by atoms with Gasteiger partial charge in [0, 0.05) is 24.7 Å². The molecule has 4 nitrogen and oxygen atoms in total. The van der Waals surface area contributed by atoms with E-state index in [0.29, 0.717) is 13.2 Å². The zero-order valence-electron chi connectivity index (χ0n) is 12.0. The summed E-state index contributed by atoms with van der Waals surface area (Å²) in [5.74, 6) is 0.0669. The monoisotopic (exact) mass is 426 g/mol. The number of thiophene rings is 1. The van der Waals surface area contributed by atoms with E-state index < -0.39 is 0 Å². The Morgan fingerprint density at radius 1 is 1.30 bits per heavy atom. The Labute approximate surface area is 141 Å². The van der Waals surface area contributed by atoms with Crippen molar-refractivity contribution in [1.29, 1.82) is 0 Å². The predicted molar refractivity (Wildman–Crippen MR) is 90.7 cm³/mol. The lowest BCUT2D eigenvalue weighted by atomic mass is 10.3. The number of rotatable bonds is 8. The summed E-state index contributed by atoms with van der Waals surface area (Å²) in [7, 11) is 5.73. The van der Waals surface area contributed by atoms with E-state index >= 15 is 0 Å². The Balaban J connectivity index is 2.67. The molecule has 0 aromatic carbocycles. The van der Waals surface area contributed by atoms with Crippen LogP contribution in [0.15, 0.2) is 14.3 Å². The molecule has 0 aliphatic carbocycles. The fraction of sp³-hybridized carbons (Fsp3) is 0.615. The van der Waals surface area contributed by atoms with Crippen LogP contribution >= 0.6 is 43.2 Å². The molecule has 0 unspecified atom stereocenters. The lowest BCUT2D eigenvalue weighted by Gasteiger charge is -2.22. The molecule has 0 bridgehead atoms. The quantitative estimate of drug-likeness (QED) is 0.637. The molecule has 1 aromatic rings. The number of ether oxygens (including phenoxy) is 1. The van der Waals surface area contributed by atoms with Gasteiger partial charge in [-0.2, -0.15) is 0 Å². The van der Waals surface area contributed by atoms with Gasteiger partial charge in [0.2, 0.25) is 0 Å². The molecule has 0 fully saturated rings. The van der Waals surface area contributed by atoms with Crippen LogP contribution in [0.5, 0.6) is 0 Å². The molecule has 0 saturated carbocycles. The summed E-state index contributed by atoms with van der Waals surface area (Å²) in [4.78, 5) is 17.2. The van der Waals surface area contributed by atoms with Gasteiger partial charge in [-0.05, 0) is 65.0 Å². The number of halogens is 2.